The lowest BCUT2D eigenvalue weighted by Crippen LogP contribution is -2.45. The van der Waals surface area contributed by atoms with Crippen LogP contribution in [0.2, 0.25) is 0 Å². The van der Waals surface area contributed by atoms with Crippen LogP contribution in [0.4, 0.5) is 4.39 Å². The number of carbonyl (C=O) groups excluding carboxylic acids is 1. The van der Waals surface area contributed by atoms with Gasteiger partial charge in [0.1, 0.15) is 17.7 Å². The summed E-state index contributed by atoms with van der Waals surface area (Å²) in [4.78, 5) is 31.9. The van der Waals surface area contributed by atoms with Gasteiger partial charge in [-0.25, -0.2) is 14.4 Å². The topological polar surface area (TPSA) is 71.9 Å². The summed E-state index contributed by atoms with van der Waals surface area (Å²) >= 11 is 0. The van der Waals surface area contributed by atoms with E-state index in [9.17, 15) is 4.79 Å². The van der Waals surface area contributed by atoms with Crippen molar-refractivity contribution >= 4 is 5.91 Å². The van der Waals surface area contributed by atoms with E-state index >= 15 is 4.39 Å². The summed E-state index contributed by atoms with van der Waals surface area (Å²) in [5, 5.41) is 0. The number of nitrogens with zero attached hydrogens (tertiary/aromatic N) is 5. The second-order valence-electron chi connectivity index (χ2n) is 8.47. The van der Waals surface area contributed by atoms with Gasteiger partial charge in [0.25, 0.3) is 5.91 Å². The van der Waals surface area contributed by atoms with Gasteiger partial charge in [0.2, 0.25) is 0 Å². The summed E-state index contributed by atoms with van der Waals surface area (Å²) in [5.41, 5.74) is 2.29. The minimum atomic E-state index is -1.34. The first kappa shape index (κ1) is 19.7. The van der Waals surface area contributed by atoms with Crippen LogP contribution in [0.5, 0.6) is 0 Å². The van der Waals surface area contributed by atoms with Crippen molar-refractivity contribution in [2.45, 2.75) is 43.7 Å². The third-order valence-corrected chi connectivity index (χ3v) is 6.20. The second kappa shape index (κ2) is 8.13. The number of aromatic nitrogens is 4. The predicted octanol–water partition coefficient (Wildman–Crippen LogP) is 4.00. The number of alkyl halides is 1. The third kappa shape index (κ3) is 4.31. The summed E-state index contributed by atoms with van der Waals surface area (Å²) in [6.45, 7) is 0.737. The van der Waals surface area contributed by atoms with Crippen molar-refractivity contribution in [3.8, 4) is 11.4 Å². The van der Waals surface area contributed by atoms with Gasteiger partial charge in [-0.1, -0.05) is 6.07 Å². The fraction of sp³-hybridized carbons (Fsp3) is 0.375. The maximum absolute atomic E-state index is 15.5. The zero-order chi connectivity index (χ0) is 21.3. The molecule has 0 aromatic carbocycles. The largest absolute Gasteiger partial charge is 0.338 e. The van der Waals surface area contributed by atoms with Gasteiger partial charge in [-0.2, -0.15) is 0 Å². The average Bonchev–Trinajstić information content (AvgIpc) is 3.66. The van der Waals surface area contributed by atoms with Crippen molar-refractivity contribution in [1.82, 2.24) is 24.8 Å². The van der Waals surface area contributed by atoms with Gasteiger partial charge in [-0.3, -0.25) is 14.8 Å². The average molecular weight is 417 g/mol. The summed E-state index contributed by atoms with van der Waals surface area (Å²) in [5.74, 6) is 0.505. The van der Waals surface area contributed by atoms with E-state index in [0.29, 0.717) is 55.2 Å². The van der Waals surface area contributed by atoms with Crippen molar-refractivity contribution in [3.05, 3.63) is 72.1 Å². The first-order valence-electron chi connectivity index (χ1n) is 10.8. The van der Waals surface area contributed by atoms with Crippen LogP contribution in [0.25, 0.3) is 11.4 Å². The number of likely N-dealkylation sites (tertiary alicyclic amines) is 1. The Morgan fingerprint density at radius 2 is 1.90 bits per heavy atom. The summed E-state index contributed by atoms with van der Waals surface area (Å²) in [6.07, 6.45) is 9.93. The number of hydrogen-bond donors (Lipinski definition) is 0. The first-order chi connectivity index (χ1) is 15.1. The van der Waals surface area contributed by atoms with E-state index in [0.717, 1.165) is 5.69 Å². The van der Waals surface area contributed by atoms with Crippen molar-refractivity contribution in [2.75, 3.05) is 13.1 Å². The van der Waals surface area contributed by atoms with E-state index in [4.69, 9.17) is 0 Å². The number of hydrogen-bond acceptors (Lipinski definition) is 5. The molecule has 0 spiro atoms. The van der Waals surface area contributed by atoms with Gasteiger partial charge in [0.05, 0.1) is 11.3 Å². The van der Waals surface area contributed by atoms with Crippen molar-refractivity contribution in [1.29, 1.82) is 0 Å². The summed E-state index contributed by atoms with van der Waals surface area (Å²) < 4.78 is 15.5. The molecule has 1 aliphatic carbocycles. The lowest BCUT2D eigenvalue weighted by atomic mass is 9.88. The minimum Gasteiger partial charge on any atom is -0.338 e. The fourth-order valence-electron chi connectivity index (χ4n) is 4.19. The Kier molecular flexibility index (Phi) is 5.18. The van der Waals surface area contributed by atoms with E-state index in [2.05, 4.69) is 26.0 Å². The smallest absolute Gasteiger partial charge is 0.256 e. The summed E-state index contributed by atoms with van der Waals surface area (Å²) in [6, 6.07) is 9.24. The van der Waals surface area contributed by atoms with E-state index in [1.54, 1.807) is 35.5 Å². The first-order valence-corrected chi connectivity index (χ1v) is 10.8. The molecule has 7 heteroatoms. The van der Waals surface area contributed by atoms with E-state index in [1.807, 2.05) is 12.3 Å². The molecule has 2 fully saturated rings. The van der Waals surface area contributed by atoms with Crippen LogP contribution in [0.3, 0.4) is 0 Å². The van der Waals surface area contributed by atoms with Crippen molar-refractivity contribution in [3.63, 3.8) is 0 Å². The van der Waals surface area contributed by atoms with Gasteiger partial charge in [0.15, 0.2) is 0 Å². The Labute approximate surface area is 180 Å². The lowest BCUT2D eigenvalue weighted by Gasteiger charge is -2.36. The highest BCUT2D eigenvalue weighted by molar-refractivity contribution is 5.99. The maximum atomic E-state index is 15.5. The highest BCUT2D eigenvalue weighted by Gasteiger charge is 2.37. The molecule has 5 rings (SSSR count). The fourth-order valence-corrected chi connectivity index (χ4v) is 4.19. The molecule has 3 aromatic heterocycles. The molecule has 0 N–H and O–H groups in total. The molecule has 0 unspecified atom stereocenters. The Balaban J connectivity index is 1.26. The Morgan fingerprint density at radius 1 is 1.06 bits per heavy atom. The lowest BCUT2D eigenvalue weighted by molar-refractivity contribution is 0.0434. The van der Waals surface area contributed by atoms with Crippen LogP contribution < -0.4 is 0 Å². The minimum absolute atomic E-state index is 0.143. The molecule has 3 aromatic rings. The van der Waals surface area contributed by atoms with E-state index in [-0.39, 0.29) is 5.91 Å². The van der Waals surface area contributed by atoms with Crippen LogP contribution in [0, 0.1) is 0 Å². The van der Waals surface area contributed by atoms with Crippen molar-refractivity contribution < 1.29 is 9.18 Å². The van der Waals surface area contributed by atoms with Gasteiger partial charge >= 0.3 is 0 Å². The molecule has 2 aliphatic rings. The van der Waals surface area contributed by atoms with Crippen LogP contribution in [-0.4, -0.2) is 49.5 Å². The standard InChI is InChI=1S/C24H24FN5O/c25-24(14-19-6-5-18(15-28-19)17-3-4-17)8-12-30(13-9-24)23(31)20-2-1-10-27-22(20)21-7-11-26-16-29-21/h1-2,5-7,10-11,15-17H,3-4,8-9,12-14H2. The Morgan fingerprint density at radius 3 is 2.58 bits per heavy atom. The Bertz CT molecular complexity index is 1060. The molecule has 0 radical (unpaired) electrons. The zero-order valence-corrected chi connectivity index (χ0v) is 17.2. The van der Waals surface area contributed by atoms with Gasteiger partial charge in [0, 0.05) is 43.8 Å². The monoisotopic (exact) mass is 417 g/mol. The molecule has 31 heavy (non-hydrogen) atoms. The zero-order valence-electron chi connectivity index (χ0n) is 17.2. The van der Waals surface area contributed by atoms with Crippen molar-refractivity contribution in [2.24, 2.45) is 0 Å². The SMILES string of the molecule is O=C(c1cccnc1-c1ccncn1)N1CCC(F)(Cc2ccc(C3CC3)cn2)CC1. The molecule has 1 aliphatic heterocycles. The van der Waals surface area contributed by atoms with Crippen LogP contribution >= 0.6 is 0 Å². The number of pyridine rings is 2. The van der Waals surface area contributed by atoms with E-state index < -0.39 is 5.67 Å². The highest BCUT2D eigenvalue weighted by Crippen LogP contribution is 2.40. The molecule has 0 bridgehead atoms. The summed E-state index contributed by atoms with van der Waals surface area (Å²) in [7, 11) is 0. The van der Waals surface area contributed by atoms with Crippen LogP contribution in [-0.2, 0) is 6.42 Å². The van der Waals surface area contributed by atoms with Gasteiger partial charge < -0.3 is 4.90 Å². The third-order valence-electron chi connectivity index (χ3n) is 6.20. The normalized spacial score (nSPS) is 18.0. The maximum Gasteiger partial charge on any atom is 0.256 e. The molecule has 1 saturated heterocycles. The number of halogens is 1. The molecule has 0 atom stereocenters. The molecular formula is C24H24FN5O. The van der Waals surface area contributed by atoms with E-state index in [1.165, 1.54) is 24.7 Å². The van der Waals surface area contributed by atoms with Gasteiger partial charge in [-0.15, -0.1) is 0 Å². The quantitative estimate of drug-likeness (QED) is 0.628. The highest BCUT2D eigenvalue weighted by atomic mass is 19.1. The molecular weight excluding hydrogens is 393 g/mol. The molecule has 6 nitrogen and oxygen atoms in total. The number of carbonyl (C=O) groups is 1. The predicted molar refractivity (Wildman–Crippen MR) is 114 cm³/mol. The van der Waals surface area contributed by atoms with Crippen LogP contribution in [0.15, 0.2) is 55.2 Å². The molecule has 1 saturated carbocycles. The van der Waals surface area contributed by atoms with Gasteiger partial charge in [-0.05, 0) is 61.4 Å². The molecule has 4 heterocycles. The molecule has 158 valence electrons. The number of amides is 1. The second-order valence-corrected chi connectivity index (χ2v) is 8.47. The Hall–Kier alpha value is -3.22. The number of rotatable bonds is 5. The molecule has 1 amide bonds. The van der Waals surface area contributed by atoms with Crippen LogP contribution in [0.1, 0.15) is 53.2 Å². The number of piperidine rings is 1.